The van der Waals surface area contributed by atoms with Gasteiger partial charge in [-0.2, -0.15) is 0 Å². The molecule has 33 heavy (non-hydrogen) atoms. The van der Waals surface area contributed by atoms with Crippen LogP contribution in [0.2, 0.25) is 5.02 Å². The molecule has 0 N–H and O–H groups in total. The molecule has 2 amide bonds. The van der Waals surface area contributed by atoms with Gasteiger partial charge in [0.25, 0.3) is 5.91 Å². The number of carbonyl (C=O) groups is 2. The summed E-state index contributed by atoms with van der Waals surface area (Å²) < 4.78 is 11.4. The van der Waals surface area contributed by atoms with E-state index in [0.29, 0.717) is 40.3 Å². The molecule has 1 aliphatic heterocycles. The van der Waals surface area contributed by atoms with Crippen molar-refractivity contribution in [3.63, 3.8) is 0 Å². The fourth-order valence-electron chi connectivity index (χ4n) is 3.74. The third-order valence-electron chi connectivity index (χ3n) is 5.37. The molecule has 0 bridgehead atoms. The number of carbonyl (C=O) groups excluding carboxylic acids is 2. The van der Waals surface area contributed by atoms with Gasteiger partial charge in [0.1, 0.15) is 5.75 Å². The Bertz CT molecular complexity index is 1150. The van der Waals surface area contributed by atoms with Gasteiger partial charge < -0.3 is 19.0 Å². The fourth-order valence-corrected chi connectivity index (χ4v) is 3.96. The number of ether oxygens (including phenoxy) is 1. The fraction of sp³-hybridized carbons (Fsp3) is 0.333. The first-order chi connectivity index (χ1) is 16.0. The molecule has 8 nitrogen and oxygen atoms in total. The van der Waals surface area contributed by atoms with E-state index in [1.54, 1.807) is 28.9 Å². The average molecular weight is 469 g/mol. The summed E-state index contributed by atoms with van der Waals surface area (Å²) in [5.74, 6) is 1.01. The molecule has 0 fully saturated rings. The third kappa shape index (κ3) is 5.01. The van der Waals surface area contributed by atoms with E-state index < -0.39 is 6.10 Å². The largest absolute Gasteiger partial charge is 0.479 e. The first-order valence-electron chi connectivity index (χ1n) is 10.9. The number of hydrogen-bond donors (Lipinski definition) is 0. The van der Waals surface area contributed by atoms with Crippen molar-refractivity contribution < 1.29 is 18.7 Å². The van der Waals surface area contributed by atoms with Gasteiger partial charge in [-0.3, -0.25) is 9.59 Å². The van der Waals surface area contributed by atoms with E-state index in [0.717, 1.165) is 6.42 Å². The predicted octanol–water partition coefficient (Wildman–Crippen LogP) is 4.33. The van der Waals surface area contributed by atoms with Gasteiger partial charge in [-0.1, -0.05) is 42.8 Å². The highest BCUT2D eigenvalue weighted by atomic mass is 35.5. The summed E-state index contributed by atoms with van der Waals surface area (Å²) in [5.41, 5.74) is 1.32. The SMILES string of the molecule is CCCN(Cc1nnc(-c2ccccc2Cl)o1)C(=O)CCN1C(=O)C(C)Oc2ccccc21. The average Bonchev–Trinajstić information content (AvgIpc) is 3.27. The van der Waals surface area contributed by atoms with Crippen LogP contribution in [0.3, 0.4) is 0 Å². The molecule has 3 aromatic rings. The number of rotatable bonds is 8. The molecule has 0 radical (unpaired) electrons. The Morgan fingerprint density at radius 2 is 1.91 bits per heavy atom. The molecule has 4 rings (SSSR count). The molecular weight excluding hydrogens is 444 g/mol. The van der Waals surface area contributed by atoms with Crippen LogP contribution in [0.15, 0.2) is 52.9 Å². The van der Waals surface area contributed by atoms with E-state index in [1.807, 2.05) is 43.3 Å². The smallest absolute Gasteiger partial charge is 0.267 e. The van der Waals surface area contributed by atoms with Gasteiger partial charge in [0.15, 0.2) is 6.10 Å². The molecule has 1 aromatic heterocycles. The lowest BCUT2D eigenvalue weighted by molar-refractivity contribution is -0.132. The molecule has 0 spiro atoms. The zero-order valence-electron chi connectivity index (χ0n) is 18.5. The van der Waals surface area contributed by atoms with Gasteiger partial charge in [0, 0.05) is 19.5 Å². The van der Waals surface area contributed by atoms with Crippen molar-refractivity contribution in [1.29, 1.82) is 0 Å². The Labute approximate surface area is 197 Å². The van der Waals surface area contributed by atoms with Crippen molar-refractivity contribution in [3.05, 3.63) is 59.4 Å². The topological polar surface area (TPSA) is 88.8 Å². The lowest BCUT2D eigenvalue weighted by Crippen LogP contribution is -2.46. The van der Waals surface area contributed by atoms with Crippen LogP contribution in [-0.4, -0.2) is 46.1 Å². The first kappa shape index (κ1) is 22.8. The molecule has 0 aliphatic carbocycles. The highest BCUT2D eigenvalue weighted by molar-refractivity contribution is 6.33. The minimum Gasteiger partial charge on any atom is -0.479 e. The molecule has 9 heteroatoms. The number of halogens is 1. The quantitative estimate of drug-likeness (QED) is 0.488. The van der Waals surface area contributed by atoms with Crippen LogP contribution >= 0.6 is 11.6 Å². The molecule has 2 aromatic carbocycles. The third-order valence-corrected chi connectivity index (χ3v) is 5.70. The zero-order chi connectivity index (χ0) is 23.4. The lowest BCUT2D eigenvalue weighted by atomic mass is 10.1. The van der Waals surface area contributed by atoms with Crippen LogP contribution in [0.5, 0.6) is 5.75 Å². The minimum absolute atomic E-state index is 0.0984. The van der Waals surface area contributed by atoms with Crippen molar-refractivity contribution in [2.24, 2.45) is 0 Å². The monoisotopic (exact) mass is 468 g/mol. The maximum atomic E-state index is 13.1. The molecule has 0 saturated heterocycles. The standard InChI is InChI=1S/C24H25ClN4O4/c1-3-13-28(15-21-26-27-23(33-21)17-8-4-5-9-18(17)25)22(30)12-14-29-19-10-6-7-11-20(19)32-16(2)24(29)31/h4-11,16H,3,12-15H2,1-2H3. The Kier molecular flexibility index (Phi) is 6.93. The number of anilines is 1. The summed E-state index contributed by atoms with van der Waals surface area (Å²) in [5, 5.41) is 8.68. The summed E-state index contributed by atoms with van der Waals surface area (Å²) in [6.07, 6.45) is 0.342. The van der Waals surface area contributed by atoms with Gasteiger partial charge >= 0.3 is 0 Å². The minimum atomic E-state index is -0.594. The Hall–Kier alpha value is -3.39. The highest BCUT2D eigenvalue weighted by Gasteiger charge is 2.31. The van der Waals surface area contributed by atoms with Crippen LogP contribution in [0.25, 0.3) is 11.5 Å². The lowest BCUT2D eigenvalue weighted by Gasteiger charge is -2.33. The van der Waals surface area contributed by atoms with Crippen molar-refractivity contribution in [1.82, 2.24) is 15.1 Å². The molecule has 2 heterocycles. The Balaban J connectivity index is 1.44. The van der Waals surface area contributed by atoms with E-state index in [2.05, 4.69) is 10.2 Å². The van der Waals surface area contributed by atoms with E-state index >= 15 is 0 Å². The predicted molar refractivity (Wildman–Crippen MR) is 124 cm³/mol. The maximum absolute atomic E-state index is 13.1. The zero-order valence-corrected chi connectivity index (χ0v) is 19.3. The number of hydrogen-bond acceptors (Lipinski definition) is 6. The van der Waals surface area contributed by atoms with E-state index in [-0.39, 0.29) is 31.3 Å². The van der Waals surface area contributed by atoms with E-state index in [4.69, 9.17) is 20.8 Å². The second kappa shape index (κ2) is 10.0. The molecule has 172 valence electrons. The number of para-hydroxylation sites is 2. The molecule has 1 unspecified atom stereocenters. The highest BCUT2D eigenvalue weighted by Crippen LogP contribution is 2.33. The Morgan fingerprint density at radius 1 is 1.15 bits per heavy atom. The van der Waals surface area contributed by atoms with Crippen LogP contribution < -0.4 is 9.64 Å². The maximum Gasteiger partial charge on any atom is 0.267 e. The molecule has 1 aliphatic rings. The van der Waals surface area contributed by atoms with Crippen LogP contribution in [0, 0.1) is 0 Å². The summed E-state index contributed by atoms with van der Waals surface area (Å²) in [4.78, 5) is 29.0. The summed E-state index contributed by atoms with van der Waals surface area (Å²) in [6, 6.07) is 14.6. The molecule has 1 atom stereocenters. The van der Waals surface area contributed by atoms with E-state index in [1.165, 1.54) is 0 Å². The number of nitrogens with zero attached hydrogens (tertiary/aromatic N) is 4. The van der Waals surface area contributed by atoms with Crippen LogP contribution in [0.1, 0.15) is 32.6 Å². The van der Waals surface area contributed by atoms with Crippen molar-refractivity contribution in [2.75, 3.05) is 18.0 Å². The second-order valence-electron chi connectivity index (χ2n) is 7.76. The van der Waals surface area contributed by atoms with Crippen molar-refractivity contribution >= 4 is 29.1 Å². The molecular formula is C24H25ClN4O4. The summed E-state index contributed by atoms with van der Waals surface area (Å²) in [7, 11) is 0. The van der Waals surface area contributed by atoms with E-state index in [9.17, 15) is 9.59 Å². The molecule has 0 saturated carbocycles. The number of benzene rings is 2. The number of fused-ring (bicyclic) bond motifs is 1. The van der Waals surface area contributed by atoms with Crippen LogP contribution in [-0.2, 0) is 16.1 Å². The first-order valence-corrected chi connectivity index (χ1v) is 11.3. The van der Waals surface area contributed by atoms with Crippen molar-refractivity contribution in [2.45, 2.75) is 39.3 Å². The van der Waals surface area contributed by atoms with Gasteiger partial charge in [0.2, 0.25) is 17.7 Å². The van der Waals surface area contributed by atoms with Gasteiger partial charge in [0.05, 0.1) is 22.8 Å². The summed E-state index contributed by atoms with van der Waals surface area (Å²) >= 11 is 6.21. The summed E-state index contributed by atoms with van der Waals surface area (Å²) in [6.45, 7) is 4.69. The number of aromatic nitrogens is 2. The van der Waals surface area contributed by atoms with Gasteiger partial charge in [-0.15, -0.1) is 10.2 Å². The second-order valence-corrected chi connectivity index (χ2v) is 8.17. The van der Waals surface area contributed by atoms with Gasteiger partial charge in [-0.05, 0) is 37.6 Å². The van der Waals surface area contributed by atoms with Crippen molar-refractivity contribution in [3.8, 4) is 17.2 Å². The normalized spacial score (nSPS) is 15.2. The van der Waals surface area contributed by atoms with Gasteiger partial charge in [-0.25, -0.2) is 0 Å². The number of amides is 2. The van der Waals surface area contributed by atoms with Crippen LogP contribution in [0.4, 0.5) is 5.69 Å². The Morgan fingerprint density at radius 3 is 2.70 bits per heavy atom.